The molecule has 4 rings (SSSR count). The first-order chi connectivity index (χ1) is 14.8. The quantitative estimate of drug-likeness (QED) is 0.520. The van der Waals surface area contributed by atoms with Crippen molar-refractivity contribution in [3.8, 4) is 17.0 Å². The maximum absolute atomic E-state index is 12.1. The number of aldehydes is 1. The Hall–Kier alpha value is -3.13. The van der Waals surface area contributed by atoms with Crippen molar-refractivity contribution in [3.63, 3.8) is 0 Å². The predicted octanol–water partition coefficient (Wildman–Crippen LogP) is 2.66. The van der Waals surface area contributed by atoms with Crippen molar-refractivity contribution in [1.29, 1.82) is 0 Å². The number of nitrogens with zero attached hydrogens (tertiary/aromatic N) is 3. The van der Waals surface area contributed by atoms with Gasteiger partial charge in [-0.2, -0.15) is 5.10 Å². The molecule has 1 saturated carbocycles. The Labute approximate surface area is 182 Å². The minimum Gasteiger partial charge on any atom is -0.494 e. The molecule has 1 amide bonds. The molecule has 1 aliphatic heterocycles. The van der Waals surface area contributed by atoms with Gasteiger partial charge in [-0.3, -0.25) is 9.59 Å². The second kappa shape index (κ2) is 9.34. The summed E-state index contributed by atoms with van der Waals surface area (Å²) in [4.78, 5) is 23.4. The molecule has 1 aliphatic carbocycles. The second-order valence-electron chi connectivity index (χ2n) is 8.40. The van der Waals surface area contributed by atoms with Crippen LogP contribution in [0.5, 0.6) is 5.75 Å². The van der Waals surface area contributed by atoms with Crippen LogP contribution >= 0.6 is 0 Å². The number of rotatable bonds is 7. The summed E-state index contributed by atoms with van der Waals surface area (Å²) in [5.74, 6) is 0.623. The highest BCUT2D eigenvalue weighted by atomic mass is 16.5. The molecule has 1 aromatic carbocycles. The van der Waals surface area contributed by atoms with E-state index in [0.717, 1.165) is 43.7 Å². The number of nitrogens with two attached hydrogens (primary N) is 2. The average Bonchev–Trinajstić information content (AvgIpc) is 3.05. The summed E-state index contributed by atoms with van der Waals surface area (Å²) in [6.07, 6.45) is 4.88. The smallest absolute Gasteiger partial charge is 0.254 e. The highest BCUT2D eigenvalue weighted by Gasteiger charge is 2.52. The number of hydrogen-bond acceptors (Lipinski definition) is 6. The average molecular weight is 426 g/mol. The van der Waals surface area contributed by atoms with Gasteiger partial charge < -0.3 is 21.1 Å². The van der Waals surface area contributed by atoms with Crippen LogP contribution in [0, 0.1) is 5.41 Å². The third-order valence-electron chi connectivity index (χ3n) is 5.78. The Bertz CT molecular complexity index is 931. The first-order valence-electron chi connectivity index (χ1n) is 10.5. The van der Waals surface area contributed by atoms with Gasteiger partial charge in [0, 0.05) is 18.7 Å². The summed E-state index contributed by atoms with van der Waals surface area (Å²) in [5, 5.41) is 4.69. The van der Waals surface area contributed by atoms with E-state index < -0.39 is 5.91 Å². The van der Waals surface area contributed by atoms with Crippen molar-refractivity contribution >= 4 is 18.0 Å². The standard InChI is InChI=1S/C20H27N5O2.C3H4O/c1-3-8-27-15-6-4-13(5-7-15)17-16(19(22)26)18(21)25(23-17)14-9-20(10-14)11-24(2)12-20;1-2-3-4/h4-7,14H,3,8-12,21H2,1-2H3,(H2,22,26);2-3H,1H2. The van der Waals surface area contributed by atoms with Crippen molar-refractivity contribution < 1.29 is 14.3 Å². The number of benzene rings is 1. The maximum atomic E-state index is 12.1. The van der Waals surface area contributed by atoms with Crippen molar-refractivity contribution in [2.24, 2.45) is 11.1 Å². The monoisotopic (exact) mass is 425 g/mol. The van der Waals surface area contributed by atoms with Gasteiger partial charge in [-0.15, -0.1) is 0 Å². The van der Waals surface area contributed by atoms with Crippen LogP contribution in [-0.2, 0) is 4.79 Å². The van der Waals surface area contributed by atoms with E-state index in [0.29, 0.717) is 35.4 Å². The Morgan fingerprint density at radius 2 is 1.94 bits per heavy atom. The lowest BCUT2D eigenvalue weighted by atomic mass is 9.61. The molecule has 8 nitrogen and oxygen atoms in total. The zero-order valence-corrected chi connectivity index (χ0v) is 18.2. The van der Waals surface area contributed by atoms with Crippen molar-refractivity contribution in [1.82, 2.24) is 14.7 Å². The number of primary amides is 1. The maximum Gasteiger partial charge on any atom is 0.254 e. The fraction of sp³-hybridized carbons (Fsp3) is 0.435. The second-order valence-corrected chi connectivity index (χ2v) is 8.40. The molecule has 31 heavy (non-hydrogen) atoms. The molecule has 166 valence electrons. The molecule has 0 atom stereocenters. The number of likely N-dealkylation sites (tertiary alicyclic amines) is 1. The summed E-state index contributed by atoms with van der Waals surface area (Å²) in [6.45, 7) is 8.10. The van der Waals surface area contributed by atoms with E-state index >= 15 is 0 Å². The molecule has 0 radical (unpaired) electrons. The number of carbonyl (C=O) groups is 2. The lowest BCUT2D eigenvalue weighted by Crippen LogP contribution is -2.60. The normalized spacial score (nSPS) is 17.1. The van der Waals surface area contributed by atoms with Gasteiger partial charge in [-0.05, 0) is 62.1 Å². The van der Waals surface area contributed by atoms with Gasteiger partial charge in [-0.1, -0.05) is 13.5 Å². The van der Waals surface area contributed by atoms with Crippen LogP contribution in [0.15, 0.2) is 36.9 Å². The summed E-state index contributed by atoms with van der Waals surface area (Å²) in [5.41, 5.74) is 14.0. The number of carbonyl (C=O) groups excluding carboxylic acids is 2. The summed E-state index contributed by atoms with van der Waals surface area (Å²) in [6, 6.07) is 7.79. The molecule has 1 spiro atoms. The van der Waals surface area contributed by atoms with E-state index in [1.54, 1.807) is 4.68 Å². The highest BCUT2D eigenvalue weighted by molar-refractivity contribution is 6.03. The van der Waals surface area contributed by atoms with Crippen molar-refractivity contribution in [2.45, 2.75) is 32.2 Å². The van der Waals surface area contributed by atoms with Gasteiger partial charge in [0.05, 0.1) is 12.6 Å². The largest absolute Gasteiger partial charge is 0.494 e. The number of aromatic nitrogens is 2. The van der Waals surface area contributed by atoms with E-state index in [4.69, 9.17) is 26.1 Å². The van der Waals surface area contributed by atoms with Crippen molar-refractivity contribution in [3.05, 3.63) is 42.5 Å². The molecule has 2 aliphatic rings. The molecule has 2 heterocycles. The van der Waals surface area contributed by atoms with Gasteiger partial charge in [0.2, 0.25) is 0 Å². The van der Waals surface area contributed by atoms with Crippen LogP contribution in [0.4, 0.5) is 5.82 Å². The first-order valence-corrected chi connectivity index (χ1v) is 10.5. The minimum absolute atomic E-state index is 0.234. The Kier molecular flexibility index (Phi) is 6.80. The molecular weight excluding hydrogens is 394 g/mol. The fourth-order valence-electron chi connectivity index (χ4n) is 4.57. The number of hydrogen-bond donors (Lipinski definition) is 2. The summed E-state index contributed by atoms with van der Waals surface area (Å²) < 4.78 is 7.43. The van der Waals surface area contributed by atoms with Gasteiger partial charge in [0.25, 0.3) is 5.91 Å². The van der Waals surface area contributed by atoms with Gasteiger partial charge in [-0.25, -0.2) is 4.68 Å². The lowest BCUT2D eigenvalue weighted by Gasteiger charge is -2.58. The lowest BCUT2D eigenvalue weighted by molar-refractivity contribution is -0.104. The number of allylic oxidation sites excluding steroid dienone is 1. The van der Waals surface area contributed by atoms with E-state index in [1.807, 2.05) is 24.3 Å². The molecule has 2 aromatic rings. The third-order valence-corrected chi connectivity index (χ3v) is 5.78. The number of ether oxygens (including phenoxy) is 1. The minimum atomic E-state index is -0.544. The predicted molar refractivity (Wildman–Crippen MR) is 121 cm³/mol. The highest BCUT2D eigenvalue weighted by Crippen LogP contribution is 2.54. The molecule has 0 unspecified atom stereocenters. The fourth-order valence-corrected chi connectivity index (χ4v) is 4.57. The molecule has 2 fully saturated rings. The topological polar surface area (TPSA) is 116 Å². The SMILES string of the molecule is C=CC=O.CCCOc1ccc(-c2nn(C3CC4(C3)CN(C)C4)c(N)c2C(N)=O)cc1. The molecule has 1 aromatic heterocycles. The molecule has 4 N–H and O–H groups in total. The summed E-state index contributed by atoms with van der Waals surface area (Å²) in [7, 11) is 2.14. The van der Waals surface area contributed by atoms with E-state index in [9.17, 15) is 4.79 Å². The Morgan fingerprint density at radius 3 is 2.42 bits per heavy atom. The van der Waals surface area contributed by atoms with Crippen molar-refractivity contribution in [2.75, 3.05) is 32.5 Å². The van der Waals surface area contributed by atoms with E-state index in [2.05, 4.69) is 25.5 Å². The molecular formula is C23H31N5O3. The molecule has 0 bridgehead atoms. The molecule has 8 heteroatoms. The van der Waals surface area contributed by atoms with Crippen LogP contribution in [0.1, 0.15) is 42.6 Å². The zero-order valence-electron chi connectivity index (χ0n) is 18.2. The van der Waals surface area contributed by atoms with E-state index in [1.165, 1.54) is 6.08 Å². The first kappa shape index (κ1) is 22.6. The van der Waals surface area contributed by atoms with Crippen LogP contribution in [0.25, 0.3) is 11.3 Å². The number of nitrogen functional groups attached to an aromatic ring is 1. The molecule has 1 saturated heterocycles. The number of amides is 1. The van der Waals surface area contributed by atoms with E-state index in [-0.39, 0.29) is 6.04 Å². The Morgan fingerprint density at radius 1 is 1.32 bits per heavy atom. The van der Waals surface area contributed by atoms with Crippen LogP contribution < -0.4 is 16.2 Å². The van der Waals surface area contributed by atoms with Crippen LogP contribution in [-0.4, -0.2) is 53.6 Å². The Balaban J connectivity index is 0.000000628. The van der Waals surface area contributed by atoms with Gasteiger partial charge in [0.1, 0.15) is 29.1 Å². The third kappa shape index (κ3) is 4.64. The summed E-state index contributed by atoms with van der Waals surface area (Å²) >= 11 is 0. The van der Waals surface area contributed by atoms with Crippen LogP contribution in [0.2, 0.25) is 0 Å². The van der Waals surface area contributed by atoms with Gasteiger partial charge >= 0.3 is 0 Å². The number of anilines is 1. The van der Waals surface area contributed by atoms with Gasteiger partial charge in [0.15, 0.2) is 0 Å². The van der Waals surface area contributed by atoms with Crippen LogP contribution in [0.3, 0.4) is 0 Å². The zero-order chi connectivity index (χ0) is 22.6.